The summed E-state index contributed by atoms with van der Waals surface area (Å²) in [7, 11) is 1.38. The van der Waals surface area contributed by atoms with Crippen molar-refractivity contribution in [2.45, 2.75) is 53.9 Å². The highest BCUT2D eigenvalue weighted by molar-refractivity contribution is 6.05. The van der Waals surface area contributed by atoms with Crippen molar-refractivity contribution >= 4 is 11.8 Å². The third-order valence-electron chi connectivity index (χ3n) is 5.60. The van der Waals surface area contributed by atoms with E-state index in [-0.39, 0.29) is 11.8 Å². The molecule has 2 atom stereocenters. The van der Waals surface area contributed by atoms with E-state index in [1.54, 1.807) is 0 Å². The largest absolute Gasteiger partial charge is 0.468 e. The maximum absolute atomic E-state index is 13.1. The van der Waals surface area contributed by atoms with Crippen LogP contribution < -0.4 is 0 Å². The lowest BCUT2D eigenvalue weighted by Gasteiger charge is -2.25. The fourth-order valence-corrected chi connectivity index (χ4v) is 4.11. The Kier molecular flexibility index (Phi) is 4.98. The highest BCUT2D eigenvalue weighted by Gasteiger charge is 2.53. The summed E-state index contributed by atoms with van der Waals surface area (Å²) in [6, 6.07) is 4.20. The van der Waals surface area contributed by atoms with Gasteiger partial charge < -0.3 is 4.74 Å². The summed E-state index contributed by atoms with van der Waals surface area (Å²) in [6.07, 6.45) is 1.51. The van der Waals surface area contributed by atoms with Gasteiger partial charge in [-0.25, -0.2) is 0 Å². The van der Waals surface area contributed by atoms with Gasteiger partial charge in [0.1, 0.15) is 5.41 Å². The van der Waals surface area contributed by atoms with Gasteiger partial charge in [-0.2, -0.15) is 0 Å². The van der Waals surface area contributed by atoms with Crippen LogP contribution in [-0.2, 0) is 20.7 Å². The Bertz CT molecular complexity index is 597. The molecule has 23 heavy (non-hydrogen) atoms. The molecule has 0 heterocycles. The molecule has 0 bridgehead atoms. The average Bonchev–Trinajstić information content (AvgIpc) is 2.78. The molecule has 1 fully saturated rings. The van der Waals surface area contributed by atoms with Gasteiger partial charge in [0, 0.05) is 6.42 Å². The first-order valence-electron chi connectivity index (χ1n) is 8.39. The number of ether oxygens (including phenoxy) is 1. The van der Waals surface area contributed by atoms with Crippen LogP contribution in [0.3, 0.4) is 0 Å². The van der Waals surface area contributed by atoms with E-state index in [1.807, 2.05) is 13.8 Å². The Morgan fingerprint density at radius 1 is 1.09 bits per heavy atom. The monoisotopic (exact) mass is 316 g/mol. The van der Waals surface area contributed by atoms with E-state index in [0.717, 1.165) is 16.7 Å². The molecule has 1 aromatic rings. The van der Waals surface area contributed by atoms with Gasteiger partial charge in [-0.05, 0) is 62.1 Å². The van der Waals surface area contributed by atoms with E-state index in [0.29, 0.717) is 31.1 Å². The van der Waals surface area contributed by atoms with E-state index in [2.05, 4.69) is 32.9 Å². The van der Waals surface area contributed by atoms with Crippen molar-refractivity contribution in [1.29, 1.82) is 0 Å². The quantitative estimate of drug-likeness (QED) is 0.624. The summed E-state index contributed by atoms with van der Waals surface area (Å²) in [4.78, 5) is 25.6. The fraction of sp³-hybridized carbons (Fsp3) is 0.600. The first kappa shape index (κ1) is 17.7. The first-order chi connectivity index (χ1) is 10.7. The predicted octanol–water partition coefficient (Wildman–Crippen LogP) is 3.95. The maximum Gasteiger partial charge on any atom is 0.319 e. The molecule has 1 aromatic carbocycles. The molecule has 0 aromatic heterocycles. The predicted molar refractivity (Wildman–Crippen MR) is 91.4 cm³/mol. The Morgan fingerprint density at radius 2 is 1.57 bits per heavy atom. The van der Waals surface area contributed by atoms with Crippen LogP contribution in [0.5, 0.6) is 0 Å². The van der Waals surface area contributed by atoms with Gasteiger partial charge in [-0.3, -0.25) is 9.59 Å². The van der Waals surface area contributed by atoms with E-state index >= 15 is 0 Å². The molecule has 3 nitrogen and oxygen atoms in total. The van der Waals surface area contributed by atoms with Crippen LogP contribution in [0.15, 0.2) is 12.1 Å². The van der Waals surface area contributed by atoms with Gasteiger partial charge >= 0.3 is 5.97 Å². The van der Waals surface area contributed by atoms with E-state index in [9.17, 15) is 9.59 Å². The van der Waals surface area contributed by atoms with Crippen LogP contribution in [0, 0.1) is 38.0 Å². The number of esters is 1. The molecular formula is C20H28O3. The molecule has 1 saturated carbocycles. The molecule has 2 rings (SSSR count). The Labute approximate surface area is 139 Å². The summed E-state index contributed by atoms with van der Waals surface area (Å²) >= 11 is 0. The van der Waals surface area contributed by atoms with Gasteiger partial charge in [0.15, 0.2) is 5.78 Å². The molecule has 0 radical (unpaired) electrons. The molecular weight excluding hydrogens is 288 g/mol. The molecule has 0 N–H and O–H groups in total. The second kappa shape index (κ2) is 6.46. The van der Waals surface area contributed by atoms with Crippen molar-refractivity contribution in [2.75, 3.05) is 7.11 Å². The standard InChI is InChI=1S/C20H28O3/c1-12-7-13(2)17(14(3)8-12)9-18(21)20(19(22)23-6)10-15(4)16(5)11-20/h7-8,15-16H,9-11H2,1-6H3. The van der Waals surface area contributed by atoms with Crippen molar-refractivity contribution in [3.63, 3.8) is 0 Å². The number of ketones is 1. The van der Waals surface area contributed by atoms with Gasteiger partial charge in [0.25, 0.3) is 0 Å². The number of carbonyl (C=O) groups is 2. The lowest BCUT2D eigenvalue weighted by atomic mass is 9.77. The summed E-state index contributed by atoms with van der Waals surface area (Å²) in [5, 5.41) is 0. The van der Waals surface area contributed by atoms with E-state index in [4.69, 9.17) is 4.74 Å². The Morgan fingerprint density at radius 3 is 2.00 bits per heavy atom. The topological polar surface area (TPSA) is 43.4 Å². The number of hydrogen-bond donors (Lipinski definition) is 0. The molecule has 126 valence electrons. The van der Waals surface area contributed by atoms with Crippen LogP contribution in [0.4, 0.5) is 0 Å². The first-order valence-corrected chi connectivity index (χ1v) is 8.39. The third kappa shape index (κ3) is 3.19. The van der Waals surface area contributed by atoms with E-state index < -0.39 is 5.41 Å². The van der Waals surface area contributed by atoms with Crippen molar-refractivity contribution < 1.29 is 14.3 Å². The Hall–Kier alpha value is -1.64. The van der Waals surface area contributed by atoms with Crippen molar-refractivity contribution in [3.05, 3.63) is 34.4 Å². The normalized spacial score (nSPS) is 27.0. The van der Waals surface area contributed by atoms with Gasteiger partial charge in [0.2, 0.25) is 0 Å². The molecule has 0 amide bonds. The zero-order valence-electron chi connectivity index (χ0n) is 15.2. The number of rotatable bonds is 4. The molecule has 0 aliphatic heterocycles. The molecule has 2 unspecified atom stereocenters. The number of methoxy groups -OCH3 is 1. The van der Waals surface area contributed by atoms with Crippen LogP contribution in [0.1, 0.15) is 48.9 Å². The van der Waals surface area contributed by atoms with Crippen LogP contribution >= 0.6 is 0 Å². The van der Waals surface area contributed by atoms with Gasteiger partial charge in [0.05, 0.1) is 7.11 Å². The second-order valence-electron chi connectivity index (χ2n) is 7.41. The number of carbonyl (C=O) groups excluding carboxylic acids is 2. The number of aryl methyl sites for hydroxylation is 3. The average molecular weight is 316 g/mol. The lowest BCUT2D eigenvalue weighted by Crippen LogP contribution is -2.39. The highest BCUT2D eigenvalue weighted by atomic mass is 16.5. The van der Waals surface area contributed by atoms with Gasteiger partial charge in [-0.15, -0.1) is 0 Å². The van der Waals surface area contributed by atoms with Crippen molar-refractivity contribution in [2.24, 2.45) is 17.3 Å². The zero-order chi connectivity index (χ0) is 17.4. The van der Waals surface area contributed by atoms with Crippen molar-refractivity contribution in [3.8, 4) is 0 Å². The van der Waals surface area contributed by atoms with Crippen molar-refractivity contribution in [1.82, 2.24) is 0 Å². The smallest absolute Gasteiger partial charge is 0.319 e. The van der Waals surface area contributed by atoms with Crippen LogP contribution in [0.2, 0.25) is 0 Å². The number of hydrogen-bond acceptors (Lipinski definition) is 3. The molecule has 0 saturated heterocycles. The van der Waals surface area contributed by atoms with Crippen LogP contribution in [-0.4, -0.2) is 18.9 Å². The SMILES string of the molecule is COC(=O)C1(C(=O)Cc2c(C)cc(C)cc2C)CC(C)C(C)C1. The lowest BCUT2D eigenvalue weighted by molar-refractivity contribution is -0.157. The zero-order valence-corrected chi connectivity index (χ0v) is 15.2. The van der Waals surface area contributed by atoms with Gasteiger partial charge in [-0.1, -0.05) is 31.5 Å². The number of benzene rings is 1. The fourth-order valence-electron chi connectivity index (χ4n) is 4.11. The minimum absolute atomic E-state index is 0.00982. The Balaban J connectivity index is 2.35. The minimum Gasteiger partial charge on any atom is -0.468 e. The minimum atomic E-state index is -0.961. The third-order valence-corrected chi connectivity index (χ3v) is 5.60. The highest BCUT2D eigenvalue weighted by Crippen LogP contribution is 2.47. The molecule has 1 aliphatic carbocycles. The second-order valence-corrected chi connectivity index (χ2v) is 7.41. The molecule has 3 heteroatoms. The molecule has 0 spiro atoms. The summed E-state index contributed by atoms with van der Waals surface area (Å²) in [5.74, 6) is 0.369. The van der Waals surface area contributed by atoms with Crippen LogP contribution in [0.25, 0.3) is 0 Å². The summed E-state index contributed by atoms with van der Waals surface area (Å²) in [6.45, 7) is 10.4. The number of Topliss-reactive ketones (excluding diaryl/α,β-unsaturated/α-hetero) is 1. The van der Waals surface area contributed by atoms with E-state index in [1.165, 1.54) is 12.7 Å². The molecule has 1 aliphatic rings. The maximum atomic E-state index is 13.1. The summed E-state index contributed by atoms with van der Waals surface area (Å²) < 4.78 is 5.01. The summed E-state index contributed by atoms with van der Waals surface area (Å²) in [5.41, 5.74) is 3.53.